The van der Waals surface area contributed by atoms with Gasteiger partial charge in [-0.15, -0.1) is 0 Å². The van der Waals surface area contributed by atoms with E-state index in [2.05, 4.69) is 4.18 Å². The van der Waals surface area contributed by atoms with Crippen LogP contribution in [-0.4, -0.2) is 82.6 Å². The monoisotopic (exact) mass is 276 g/mol. The Bertz CT molecular complexity index is 315. The molecule has 0 aromatic heterocycles. The molecule has 0 aliphatic rings. The second-order valence-electron chi connectivity index (χ2n) is 3.41. The normalized spacial score (nSPS) is 21.6. The van der Waals surface area contributed by atoms with Gasteiger partial charge in [-0.3, -0.25) is 0 Å². The molecule has 0 heterocycles. The van der Waals surface area contributed by atoms with Crippen molar-refractivity contribution in [3.63, 3.8) is 0 Å². The number of rotatable bonds is 7. The fourth-order valence-electron chi connectivity index (χ4n) is 0.942. The van der Waals surface area contributed by atoms with Gasteiger partial charge in [0.2, 0.25) is 6.29 Å². The molecule has 0 spiro atoms. The molecule has 0 aromatic carbocycles. The van der Waals surface area contributed by atoms with Crippen molar-refractivity contribution in [1.82, 2.24) is 0 Å². The van der Waals surface area contributed by atoms with Gasteiger partial charge in [0.25, 0.3) is 10.1 Å². The Morgan fingerprint density at radius 1 is 1.00 bits per heavy atom. The van der Waals surface area contributed by atoms with Gasteiger partial charge in [0.05, 0.1) is 12.9 Å². The first-order valence-electron chi connectivity index (χ1n) is 4.49. The van der Waals surface area contributed by atoms with Crippen LogP contribution in [0.3, 0.4) is 0 Å². The van der Waals surface area contributed by atoms with Crippen LogP contribution in [0.1, 0.15) is 0 Å². The standard InChI is InChI=1S/C7H16O9S/c1-17(14,15)16-7(13)6(12)5(11)4(10)3(9)2-8/h3-13H,2H2,1H3/t3-,4-,5+,6+,7?/m1/s1. The van der Waals surface area contributed by atoms with E-state index in [9.17, 15) is 18.6 Å². The summed E-state index contributed by atoms with van der Waals surface area (Å²) < 4.78 is 25.2. The van der Waals surface area contributed by atoms with Crippen LogP contribution in [0.15, 0.2) is 0 Å². The lowest BCUT2D eigenvalue weighted by Gasteiger charge is -2.27. The average molecular weight is 276 g/mol. The molecule has 0 saturated carbocycles. The molecule has 0 aliphatic carbocycles. The topological polar surface area (TPSA) is 165 Å². The Hall–Kier alpha value is -0.330. The fraction of sp³-hybridized carbons (Fsp3) is 1.00. The zero-order chi connectivity index (χ0) is 13.8. The smallest absolute Gasteiger partial charge is 0.266 e. The molecule has 17 heavy (non-hydrogen) atoms. The molecular formula is C7H16O9S. The molecule has 0 bridgehead atoms. The fourth-order valence-corrected chi connectivity index (χ4v) is 1.41. The lowest BCUT2D eigenvalue weighted by atomic mass is 10.0. The average Bonchev–Trinajstić information content (AvgIpc) is 2.22. The molecule has 0 radical (unpaired) electrons. The van der Waals surface area contributed by atoms with Crippen molar-refractivity contribution < 1.29 is 43.2 Å². The minimum Gasteiger partial charge on any atom is -0.394 e. The van der Waals surface area contributed by atoms with Crippen LogP contribution < -0.4 is 0 Å². The van der Waals surface area contributed by atoms with Crippen LogP contribution in [0, 0.1) is 0 Å². The van der Waals surface area contributed by atoms with E-state index in [1.54, 1.807) is 0 Å². The maximum absolute atomic E-state index is 10.6. The molecule has 0 rings (SSSR count). The maximum atomic E-state index is 10.6. The Kier molecular flexibility index (Phi) is 6.43. The highest BCUT2D eigenvalue weighted by atomic mass is 32.2. The van der Waals surface area contributed by atoms with Gasteiger partial charge in [-0.25, -0.2) is 4.18 Å². The van der Waals surface area contributed by atoms with Gasteiger partial charge < -0.3 is 30.6 Å². The second-order valence-corrected chi connectivity index (χ2v) is 5.01. The van der Waals surface area contributed by atoms with Crippen molar-refractivity contribution in [3.05, 3.63) is 0 Å². The molecule has 10 heteroatoms. The van der Waals surface area contributed by atoms with Crippen LogP contribution in [-0.2, 0) is 14.3 Å². The number of aliphatic hydroxyl groups is 6. The Morgan fingerprint density at radius 3 is 1.82 bits per heavy atom. The highest BCUT2D eigenvalue weighted by Crippen LogP contribution is 2.10. The number of hydrogen-bond donors (Lipinski definition) is 6. The summed E-state index contributed by atoms with van der Waals surface area (Å²) in [5.41, 5.74) is 0. The van der Waals surface area contributed by atoms with Crippen LogP contribution >= 0.6 is 0 Å². The van der Waals surface area contributed by atoms with E-state index in [-0.39, 0.29) is 0 Å². The predicted octanol–water partition coefficient (Wildman–Crippen LogP) is -4.28. The second kappa shape index (κ2) is 6.56. The molecule has 104 valence electrons. The first kappa shape index (κ1) is 16.7. The third-order valence-electron chi connectivity index (χ3n) is 1.85. The summed E-state index contributed by atoms with van der Waals surface area (Å²) >= 11 is 0. The van der Waals surface area contributed by atoms with Crippen molar-refractivity contribution >= 4 is 10.1 Å². The summed E-state index contributed by atoms with van der Waals surface area (Å²) in [7, 11) is -4.07. The van der Waals surface area contributed by atoms with Gasteiger partial charge >= 0.3 is 0 Å². The summed E-state index contributed by atoms with van der Waals surface area (Å²) in [6.45, 7) is -0.895. The summed E-state index contributed by atoms with van der Waals surface area (Å²) in [5.74, 6) is 0. The predicted molar refractivity (Wildman–Crippen MR) is 53.0 cm³/mol. The minimum absolute atomic E-state index is 0.605. The van der Waals surface area contributed by atoms with Crippen molar-refractivity contribution in [1.29, 1.82) is 0 Å². The highest BCUT2D eigenvalue weighted by molar-refractivity contribution is 7.86. The first-order chi connectivity index (χ1) is 7.60. The van der Waals surface area contributed by atoms with Gasteiger partial charge in [-0.2, -0.15) is 8.42 Å². The van der Waals surface area contributed by atoms with Crippen molar-refractivity contribution in [2.75, 3.05) is 12.9 Å². The van der Waals surface area contributed by atoms with Gasteiger partial charge in [0.15, 0.2) is 0 Å². The molecule has 0 aromatic rings. The zero-order valence-electron chi connectivity index (χ0n) is 8.91. The van der Waals surface area contributed by atoms with Gasteiger partial charge in [-0.1, -0.05) is 0 Å². The largest absolute Gasteiger partial charge is 0.394 e. The van der Waals surface area contributed by atoms with E-state index in [0.717, 1.165) is 0 Å². The van der Waals surface area contributed by atoms with Crippen LogP contribution in [0.25, 0.3) is 0 Å². The maximum Gasteiger partial charge on any atom is 0.266 e. The van der Waals surface area contributed by atoms with Crippen molar-refractivity contribution in [2.24, 2.45) is 0 Å². The van der Waals surface area contributed by atoms with E-state index in [0.29, 0.717) is 6.26 Å². The summed E-state index contributed by atoms with van der Waals surface area (Å²) in [6, 6.07) is 0. The SMILES string of the molecule is CS(=O)(=O)OC(O)[C@@H](O)[C@@H](O)[C@H](O)[C@H](O)CO. The molecule has 1 unspecified atom stereocenters. The quantitative estimate of drug-likeness (QED) is 0.199. The van der Waals surface area contributed by atoms with E-state index in [1.807, 2.05) is 0 Å². The molecule has 9 nitrogen and oxygen atoms in total. The van der Waals surface area contributed by atoms with Crippen molar-refractivity contribution in [3.8, 4) is 0 Å². The van der Waals surface area contributed by atoms with E-state index >= 15 is 0 Å². The molecule has 6 N–H and O–H groups in total. The van der Waals surface area contributed by atoms with Gasteiger partial charge in [-0.05, 0) is 0 Å². The van der Waals surface area contributed by atoms with Crippen molar-refractivity contribution in [2.45, 2.75) is 30.7 Å². The van der Waals surface area contributed by atoms with E-state index in [1.165, 1.54) is 0 Å². The molecule has 0 aliphatic heterocycles. The summed E-state index contributed by atoms with van der Waals surface area (Å²) in [5, 5.41) is 54.1. The molecule has 0 fully saturated rings. The van der Waals surface area contributed by atoms with Crippen LogP contribution in [0.5, 0.6) is 0 Å². The lowest BCUT2D eigenvalue weighted by molar-refractivity contribution is -0.179. The van der Waals surface area contributed by atoms with E-state index in [4.69, 9.17) is 20.4 Å². The third kappa shape index (κ3) is 5.70. The molecule has 5 atom stereocenters. The highest BCUT2D eigenvalue weighted by Gasteiger charge is 2.35. The number of hydrogen-bond acceptors (Lipinski definition) is 9. The summed E-state index contributed by atoms with van der Waals surface area (Å²) in [6.07, 6.45) is -9.72. The molecule has 0 saturated heterocycles. The molecular weight excluding hydrogens is 260 g/mol. The zero-order valence-corrected chi connectivity index (χ0v) is 9.73. The molecule has 0 amide bonds. The van der Waals surface area contributed by atoms with E-state index < -0.39 is 47.4 Å². The lowest BCUT2D eigenvalue weighted by Crippen LogP contribution is -2.50. The Morgan fingerprint density at radius 2 is 1.47 bits per heavy atom. The van der Waals surface area contributed by atoms with Gasteiger partial charge in [0.1, 0.15) is 24.4 Å². The number of aliphatic hydroxyl groups excluding tert-OH is 6. The first-order valence-corrected chi connectivity index (χ1v) is 6.31. The Balaban J connectivity index is 4.53. The minimum atomic E-state index is -4.07. The Labute approximate surface area is 97.6 Å². The van der Waals surface area contributed by atoms with Crippen LogP contribution in [0.2, 0.25) is 0 Å². The van der Waals surface area contributed by atoms with Crippen LogP contribution in [0.4, 0.5) is 0 Å². The van der Waals surface area contributed by atoms with Gasteiger partial charge in [0, 0.05) is 0 Å². The third-order valence-corrected chi connectivity index (χ3v) is 2.39. The summed E-state index contributed by atoms with van der Waals surface area (Å²) in [4.78, 5) is 0.